The Morgan fingerprint density at radius 2 is 1.77 bits per heavy atom. The summed E-state index contributed by atoms with van der Waals surface area (Å²) in [5, 5.41) is 4.13. The van der Waals surface area contributed by atoms with Crippen LogP contribution in [0.2, 0.25) is 0 Å². The lowest BCUT2D eigenvalue weighted by Gasteiger charge is -2.10. The second-order valence-electron chi connectivity index (χ2n) is 7.50. The van der Waals surface area contributed by atoms with Gasteiger partial charge in [0.05, 0.1) is 16.1 Å². The summed E-state index contributed by atoms with van der Waals surface area (Å²) < 4.78 is 2.28. The van der Waals surface area contributed by atoms with Gasteiger partial charge in [-0.1, -0.05) is 67.9 Å². The van der Waals surface area contributed by atoms with Crippen LogP contribution in [0.3, 0.4) is 0 Å². The largest absolute Gasteiger partial charge is 0.321 e. The number of para-hydroxylation sites is 1. The first kappa shape index (κ1) is 18.8. The van der Waals surface area contributed by atoms with Crippen molar-refractivity contribution in [1.29, 1.82) is 0 Å². The predicted molar refractivity (Wildman–Crippen MR) is 125 cm³/mol. The average molecular weight is 411 g/mol. The number of benzene rings is 2. The zero-order chi connectivity index (χ0) is 20.5. The van der Waals surface area contributed by atoms with Crippen LogP contribution < -0.4 is 0 Å². The number of hydrogen-bond donors (Lipinski definition) is 0. The molecule has 0 fully saturated rings. The van der Waals surface area contributed by atoms with Crippen LogP contribution in [0.5, 0.6) is 0 Å². The normalized spacial score (nSPS) is 11.4. The summed E-state index contributed by atoms with van der Waals surface area (Å²) in [5.74, 6) is 0.0720. The molecule has 3 nitrogen and oxygen atoms in total. The van der Waals surface area contributed by atoms with Crippen LogP contribution in [0.15, 0.2) is 78.2 Å². The van der Waals surface area contributed by atoms with Crippen molar-refractivity contribution >= 4 is 39.1 Å². The van der Waals surface area contributed by atoms with Gasteiger partial charge in [0.1, 0.15) is 5.65 Å². The van der Waals surface area contributed by atoms with Gasteiger partial charge in [-0.15, -0.1) is 11.3 Å². The van der Waals surface area contributed by atoms with Gasteiger partial charge in [0.25, 0.3) is 0 Å². The molecule has 0 unspecified atom stereocenters. The van der Waals surface area contributed by atoms with Gasteiger partial charge in [0, 0.05) is 22.9 Å². The molecule has 30 heavy (non-hydrogen) atoms. The molecule has 0 radical (unpaired) electrons. The molecule has 0 N–H and O–H groups in total. The van der Waals surface area contributed by atoms with E-state index in [0.717, 1.165) is 57.5 Å². The van der Waals surface area contributed by atoms with Crippen LogP contribution in [0.1, 0.15) is 39.8 Å². The van der Waals surface area contributed by atoms with E-state index in [9.17, 15) is 4.79 Å². The molecule has 0 aliphatic carbocycles. The number of carbonyl (C=O) groups excluding carboxylic acids is 1. The molecule has 148 valence electrons. The van der Waals surface area contributed by atoms with Gasteiger partial charge >= 0.3 is 0 Å². The van der Waals surface area contributed by atoms with Gasteiger partial charge in [-0.05, 0) is 35.6 Å². The summed E-state index contributed by atoms with van der Waals surface area (Å²) in [5.41, 5.74) is 4.95. The van der Waals surface area contributed by atoms with E-state index in [0.29, 0.717) is 0 Å². The van der Waals surface area contributed by atoms with Crippen molar-refractivity contribution in [3.05, 3.63) is 99.9 Å². The minimum atomic E-state index is 0.0720. The molecular weight excluding hydrogens is 388 g/mol. The van der Waals surface area contributed by atoms with Crippen LogP contribution >= 0.6 is 11.3 Å². The van der Waals surface area contributed by atoms with Crippen molar-refractivity contribution in [1.82, 2.24) is 9.55 Å². The summed E-state index contributed by atoms with van der Waals surface area (Å²) in [6.07, 6.45) is 1.73. The molecule has 5 aromatic rings. The molecule has 0 bridgehead atoms. The number of aromatic nitrogens is 2. The van der Waals surface area contributed by atoms with Gasteiger partial charge in [-0.25, -0.2) is 4.98 Å². The van der Waals surface area contributed by atoms with Crippen molar-refractivity contribution in [2.75, 3.05) is 0 Å². The monoisotopic (exact) mass is 410 g/mol. The number of rotatable bonds is 6. The van der Waals surface area contributed by atoms with Crippen molar-refractivity contribution in [2.24, 2.45) is 0 Å². The van der Waals surface area contributed by atoms with Crippen LogP contribution in [-0.4, -0.2) is 15.3 Å². The van der Waals surface area contributed by atoms with Crippen LogP contribution in [-0.2, 0) is 13.0 Å². The number of nitrogens with zero attached hydrogens (tertiary/aromatic N) is 2. The van der Waals surface area contributed by atoms with E-state index in [1.54, 1.807) is 0 Å². The van der Waals surface area contributed by atoms with Gasteiger partial charge in [0.2, 0.25) is 5.78 Å². The first-order valence-electron chi connectivity index (χ1n) is 10.3. The zero-order valence-electron chi connectivity index (χ0n) is 16.8. The number of fused-ring (bicyclic) bond motifs is 3. The SMILES string of the molecule is CCCc1nc2c(cc1C(=O)c1cccs1)c1ccccc1n2Cc1ccccc1. The number of carbonyl (C=O) groups is 1. The first-order valence-corrected chi connectivity index (χ1v) is 11.2. The number of hydrogen-bond acceptors (Lipinski definition) is 3. The molecule has 0 saturated carbocycles. The van der Waals surface area contributed by atoms with Crippen molar-refractivity contribution < 1.29 is 4.79 Å². The molecule has 4 heteroatoms. The predicted octanol–water partition coefficient (Wildman–Crippen LogP) is 6.48. The fourth-order valence-electron chi connectivity index (χ4n) is 4.09. The Labute approximate surface area is 179 Å². The molecule has 0 aliphatic rings. The zero-order valence-corrected chi connectivity index (χ0v) is 17.7. The third-order valence-corrected chi connectivity index (χ3v) is 6.35. The summed E-state index contributed by atoms with van der Waals surface area (Å²) in [7, 11) is 0. The third kappa shape index (κ3) is 3.23. The Hall–Kier alpha value is -3.24. The Kier molecular flexibility index (Phi) is 4.93. The van der Waals surface area contributed by atoms with E-state index >= 15 is 0 Å². The highest BCUT2D eigenvalue weighted by Crippen LogP contribution is 2.31. The van der Waals surface area contributed by atoms with E-state index in [4.69, 9.17) is 4.98 Å². The minimum absolute atomic E-state index is 0.0720. The Morgan fingerprint density at radius 1 is 0.967 bits per heavy atom. The quantitative estimate of drug-likeness (QED) is 0.300. The maximum absolute atomic E-state index is 13.2. The standard InChI is InChI=1S/C26H22N2OS/c1-2-9-22-21(25(29)24-14-8-15-30-24)16-20-19-12-6-7-13-23(19)28(26(20)27-22)17-18-10-4-3-5-11-18/h3-8,10-16H,2,9,17H2,1H3. The lowest BCUT2D eigenvalue weighted by molar-refractivity contribution is 0.104. The topological polar surface area (TPSA) is 34.9 Å². The summed E-state index contributed by atoms with van der Waals surface area (Å²) in [4.78, 5) is 19.1. The molecule has 0 atom stereocenters. The smallest absolute Gasteiger partial charge is 0.204 e. The summed E-state index contributed by atoms with van der Waals surface area (Å²) in [6, 6.07) is 24.7. The van der Waals surface area contributed by atoms with Crippen molar-refractivity contribution in [3.63, 3.8) is 0 Å². The lowest BCUT2D eigenvalue weighted by atomic mass is 10.0. The minimum Gasteiger partial charge on any atom is -0.321 e. The van der Waals surface area contributed by atoms with Crippen LogP contribution in [0.4, 0.5) is 0 Å². The van der Waals surface area contributed by atoms with E-state index in [1.807, 2.05) is 23.6 Å². The summed E-state index contributed by atoms with van der Waals surface area (Å²) >= 11 is 1.49. The second kappa shape index (κ2) is 7.88. The molecule has 3 aromatic heterocycles. The number of pyridine rings is 1. The highest BCUT2D eigenvalue weighted by atomic mass is 32.1. The Bertz CT molecular complexity index is 1330. The maximum atomic E-state index is 13.2. The highest BCUT2D eigenvalue weighted by molar-refractivity contribution is 7.12. The average Bonchev–Trinajstić information content (AvgIpc) is 3.42. The maximum Gasteiger partial charge on any atom is 0.204 e. The lowest BCUT2D eigenvalue weighted by Crippen LogP contribution is -2.08. The van der Waals surface area contributed by atoms with E-state index < -0.39 is 0 Å². The fourth-order valence-corrected chi connectivity index (χ4v) is 4.76. The van der Waals surface area contributed by atoms with E-state index in [-0.39, 0.29) is 5.78 Å². The molecule has 0 saturated heterocycles. The fraction of sp³-hybridized carbons (Fsp3) is 0.154. The van der Waals surface area contributed by atoms with Crippen molar-refractivity contribution in [3.8, 4) is 0 Å². The Morgan fingerprint density at radius 3 is 2.53 bits per heavy atom. The third-order valence-electron chi connectivity index (χ3n) is 5.48. The first-order chi connectivity index (χ1) is 14.8. The summed E-state index contributed by atoms with van der Waals surface area (Å²) in [6.45, 7) is 2.88. The molecule has 3 heterocycles. The van der Waals surface area contributed by atoms with Gasteiger partial charge in [-0.2, -0.15) is 0 Å². The molecule has 0 amide bonds. The second-order valence-corrected chi connectivity index (χ2v) is 8.45. The van der Waals surface area contributed by atoms with Crippen molar-refractivity contribution in [2.45, 2.75) is 26.3 Å². The molecular formula is C26H22N2OS. The van der Waals surface area contributed by atoms with E-state index in [2.05, 4.69) is 66.1 Å². The van der Waals surface area contributed by atoms with Gasteiger partial charge in [0.15, 0.2) is 0 Å². The molecule has 2 aromatic carbocycles. The number of thiophene rings is 1. The molecule has 0 spiro atoms. The van der Waals surface area contributed by atoms with Crippen LogP contribution in [0.25, 0.3) is 21.9 Å². The Balaban J connectivity index is 1.76. The highest BCUT2D eigenvalue weighted by Gasteiger charge is 2.20. The van der Waals surface area contributed by atoms with Gasteiger partial charge < -0.3 is 4.57 Å². The number of aryl methyl sites for hydroxylation is 1. The van der Waals surface area contributed by atoms with E-state index in [1.165, 1.54) is 16.9 Å². The van der Waals surface area contributed by atoms with Crippen LogP contribution in [0, 0.1) is 0 Å². The van der Waals surface area contributed by atoms with Gasteiger partial charge in [-0.3, -0.25) is 4.79 Å². The molecule has 0 aliphatic heterocycles. The number of ketones is 1. The molecule has 5 rings (SSSR count).